The lowest BCUT2D eigenvalue weighted by atomic mass is 10.0. The molecule has 0 aliphatic carbocycles. The van der Waals surface area contributed by atoms with Crippen molar-refractivity contribution in [3.05, 3.63) is 64.7 Å². The third kappa shape index (κ3) is 3.13. The summed E-state index contributed by atoms with van der Waals surface area (Å²) in [7, 11) is 0. The van der Waals surface area contributed by atoms with Gasteiger partial charge in [-0.2, -0.15) is 0 Å². The predicted octanol–water partition coefficient (Wildman–Crippen LogP) is 3.37. The molecule has 3 heteroatoms. The Morgan fingerprint density at radius 3 is 2.21 bits per heavy atom. The zero-order valence-corrected chi connectivity index (χ0v) is 11.0. The standard InChI is InChI=1S/C16H16O3/c1-11-4-3-5-12(2)15(11)10-19-16(18)13-6-8-14(17)9-7-13/h3-9,17H,10H2,1-2H3. The fourth-order valence-corrected chi connectivity index (χ4v) is 1.90. The minimum atomic E-state index is -0.386. The quantitative estimate of drug-likeness (QED) is 0.856. The van der Waals surface area contributed by atoms with Gasteiger partial charge in [0.2, 0.25) is 0 Å². The number of ether oxygens (including phenoxy) is 1. The van der Waals surface area contributed by atoms with Gasteiger partial charge in [-0.1, -0.05) is 18.2 Å². The van der Waals surface area contributed by atoms with E-state index in [1.54, 1.807) is 12.1 Å². The molecule has 0 saturated carbocycles. The second-order valence-electron chi connectivity index (χ2n) is 4.49. The Morgan fingerprint density at radius 1 is 1.05 bits per heavy atom. The Bertz CT molecular complexity index is 565. The molecule has 0 radical (unpaired) electrons. The van der Waals surface area contributed by atoms with E-state index in [-0.39, 0.29) is 18.3 Å². The monoisotopic (exact) mass is 256 g/mol. The first-order chi connectivity index (χ1) is 9.08. The van der Waals surface area contributed by atoms with Gasteiger partial charge in [-0.25, -0.2) is 4.79 Å². The van der Waals surface area contributed by atoms with Gasteiger partial charge in [-0.15, -0.1) is 0 Å². The van der Waals surface area contributed by atoms with Crippen molar-refractivity contribution in [1.82, 2.24) is 0 Å². The fraction of sp³-hybridized carbons (Fsp3) is 0.188. The first kappa shape index (κ1) is 13.1. The van der Waals surface area contributed by atoms with Crippen LogP contribution in [0.25, 0.3) is 0 Å². The number of rotatable bonds is 3. The molecule has 2 aromatic carbocycles. The highest BCUT2D eigenvalue weighted by Crippen LogP contribution is 2.16. The number of benzene rings is 2. The van der Waals surface area contributed by atoms with Crippen LogP contribution in [0.1, 0.15) is 27.0 Å². The van der Waals surface area contributed by atoms with Gasteiger partial charge in [0.25, 0.3) is 0 Å². The van der Waals surface area contributed by atoms with Crippen LogP contribution in [0.15, 0.2) is 42.5 Å². The lowest BCUT2D eigenvalue weighted by molar-refractivity contribution is 0.0471. The maximum atomic E-state index is 11.8. The summed E-state index contributed by atoms with van der Waals surface area (Å²) in [4.78, 5) is 11.8. The number of phenolic OH excluding ortho intramolecular Hbond substituents is 1. The largest absolute Gasteiger partial charge is 0.508 e. The molecule has 0 bridgehead atoms. The SMILES string of the molecule is Cc1cccc(C)c1COC(=O)c1ccc(O)cc1. The fourth-order valence-electron chi connectivity index (χ4n) is 1.90. The molecule has 2 rings (SSSR count). The normalized spacial score (nSPS) is 10.2. The van der Waals surface area contributed by atoms with E-state index >= 15 is 0 Å². The van der Waals surface area contributed by atoms with Crippen LogP contribution in [0.4, 0.5) is 0 Å². The third-order valence-electron chi connectivity index (χ3n) is 3.10. The molecule has 0 aliphatic heterocycles. The molecule has 0 atom stereocenters. The number of hydrogen-bond donors (Lipinski definition) is 1. The molecule has 0 spiro atoms. The molecule has 0 saturated heterocycles. The molecule has 3 nitrogen and oxygen atoms in total. The van der Waals surface area contributed by atoms with Crippen LogP contribution in [0.5, 0.6) is 5.75 Å². The summed E-state index contributed by atoms with van der Waals surface area (Å²) in [6, 6.07) is 12.0. The highest BCUT2D eigenvalue weighted by atomic mass is 16.5. The summed E-state index contributed by atoms with van der Waals surface area (Å²) in [5.74, 6) is -0.256. The van der Waals surface area contributed by atoms with Crippen molar-refractivity contribution in [2.75, 3.05) is 0 Å². The second-order valence-corrected chi connectivity index (χ2v) is 4.49. The number of phenols is 1. The minimum Gasteiger partial charge on any atom is -0.508 e. The number of aryl methyl sites for hydroxylation is 2. The Balaban J connectivity index is 2.06. The average molecular weight is 256 g/mol. The van der Waals surface area contributed by atoms with E-state index in [4.69, 9.17) is 9.84 Å². The van der Waals surface area contributed by atoms with Gasteiger partial charge in [0.15, 0.2) is 0 Å². The number of carbonyl (C=O) groups excluding carboxylic acids is 1. The summed E-state index contributed by atoms with van der Waals surface area (Å²) in [6.07, 6.45) is 0. The summed E-state index contributed by atoms with van der Waals surface area (Å²) in [5.41, 5.74) is 3.69. The van der Waals surface area contributed by atoms with E-state index in [0.29, 0.717) is 5.56 Å². The molecule has 0 fully saturated rings. The van der Waals surface area contributed by atoms with E-state index in [9.17, 15) is 4.79 Å². The van der Waals surface area contributed by atoms with Crippen molar-refractivity contribution in [1.29, 1.82) is 0 Å². The van der Waals surface area contributed by atoms with Crippen LogP contribution < -0.4 is 0 Å². The summed E-state index contributed by atoms with van der Waals surface area (Å²) >= 11 is 0. The zero-order valence-electron chi connectivity index (χ0n) is 11.0. The van der Waals surface area contributed by atoms with Crippen LogP contribution in [-0.4, -0.2) is 11.1 Å². The Kier molecular flexibility index (Phi) is 3.85. The van der Waals surface area contributed by atoms with Crippen molar-refractivity contribution in [3.63, 3.8) is 0 Å². The maximum Gasteiger partial charge on any atom is 0.338 e. The van der Waals surface area contributed by atoms with Crippen LogP contribution in [0.3, 0.4) is 0 Å². The lowest BCUT2D eigenvalue weighted by Crippen LogP contribution is -2.06. The number of carbonyl (C=O) groups is 1. The van der Waals surface area contributed by atoms with E-state index in [2.05, 4.69) is 0 Å². The second kappa shape index (κ2) is 5.57. The minimum absolute atomic E-state index is 0.131. The van der Waals surface area contributed by atoms with Gasteiger partial charge in [0.05, 0.1) is 5.56 Å². The van der Waals surface area contributed by atoms with Crippen molar-refractivity contribution < 1.29 is 14.6 Å². The highest BCUT2D eigenvalue weighted by molar-refractivity contribution is 5.89. The summed E-state index contributed by atoms with van der Waals surface area (Å²) < 4.78 is 5.30. The molecule has 0 amide bonds. The van der Waals surface area contributed by atoms with Gasteiger partial charge in [0, 0.05) is 0 Å². The molecule has 1 N–H and O–H groups in total. The van der Waals surface area contributed by atoms with E-state index in [1.807, 2.05) is 32.0 Å². The summed E-state index contributed by atoms with van der Waals surface area (Å²) in [6.45, 7) is 4.26. The van der Waals surface area contributed by atoms with Gasteiger partial charge in [-0.05, 0) is 54.8 Å². The molecule has 19 heavy (non-hydrogen) atoms. The molecule has 98 valence electrons. The molecular formula is C16H16O3. The van der Waals surface area contributed by atoms with Crippen molar-refractivity contribution in [2.45, 2.75) is 20.5 Å². The van der Waals surface area contributed by atoms with Crippen LogP contribution in [0.2, 0.25) is 0 Å². The maximum absolute atomic E-state index is 11.8. The Hall–Kier alpha value is -2.29. The predicted molar refractivity (Wildman–Crippen MR) is 73.1 cm³/mol. The zero-order chi connectivity index (χ0) is 13.8. The van der Waals surface area contributed by atoms with Crippen molar-refractivity contribution >= 4 is 5.97 Å². The lowest BCUT2D eigenvalue weighted by Gasteiger charge is -2.10. The van der Waals surface area contributed by atoms with Crippen LogP contribution in [-0.2, 0) is 11.3 Å². The van der Waals surface area contributed by atoms with Gasteiger partial charge < -0.3 is 9.84 Å². The van der Waals surface area contributed by atoms with E-state index in [0.717, 1.165) is 16.7 Å². The Morgan fingerprint density at radius 2 is 1.63 bits per heavy atom. The van der Waals surface area contributed by atoms with E-state index in [1.165, 1.54) is 12.1 Å². The van der Waals surface area contributed by atoms with Crippen molar-refractivity contribution in [2.24, 2.45) is 0 Å². The molecule has 0 aromatic heterocycles. The molecule has 0 heterocycles. The van der Waals surface area contributed by atoms with Crippen molar-refractivity contribution in [3.8, 4) is 5.75 Å². The number of esters is 1. The van der Waals surface area contributed by atoms with Crippen LogP contribution >= 0.6 is 0 Å². The number of hydrogen-bond acceptors (Lipinski definition) is 3. The Labute approximate surface area is 112 Å². The molecule has 2 aromatic rings. The molecule has 0 unspecified atom stereocenters. The number of aromatic hydroxyl groups is 1. The first-order valence-corrected chi connectivity index (χ1v) is 6.09. The first-order valence-electron chi connectivity index (χ1n) is 6.09. The molecule has 0 aliphatic rings. The van der Waals surface area contributed by atoms with Gasteiger partial charge >= 0.3 is 5.97 Å². The van der Waals surface area contributed by atoms with Gasteiger partial charge in [0.1, 0.15) is 12.4 Å². The van der Waals surface area contributed by atoms with E-state index < -0.39 is 0 Å². The average Bonchev–Trinajstić information content (AvgIpc) is 2.38. The van der Waals surface area contributed by atoms with Gasteiger partial charge in [-0.3, -0.25) is 0 Å². The third-order valence-corrected chi connectivity index (χ3v) is 3.10. The topological polar surface area (TPSA) is 46.5 Å². The van der Waals surface area contributed by atoms with Crippen LogP contribution in [0, 0.1) is 13.8 Å². The smallest absolute Gasteiger partial charge is 0.338 e. The highest BCUT2D eigenvalue weighted by Gasteiger charge is 2.09. The summed E-state index contributed by atoms with van der Waals surface area (Å²) in [5, 5.41) is 9.17. The molecular weight excluding hydrogens is 240 g/mol.